The summed E-state index contributed by atoms with van der Waals surface area (Å²) in [5, 5.41) is 13.9. The molecule has 0 unspecified atom stereocenters. The van der Waals surface area contributed by atoms with Gasteiger partial charge in [-0.15, -0.1) is 0 Å². The Morgan fingerprint density at radius 3 is 1.14 bits per heavy atom. The van der Waals surface area contributed by atoms with E-state index in [4.69, 9.17) is 15.0 Å². The van der Waals surface area contributed by atoms with Crippen molar-refractivity contribution in [1.82, 2.24) is 0 Å². The van der Waals surface area contributed by atoms with Gasteiger partial charge in [0.15, 0.2) is 0 Å². The summed E-state index contributed by atoms with van der Waals surface area (Å²) in [7, 11) is 0. The van der Waals surface area contributed by atoms with E-state index in [0.29, 0.717) is 0 Å². The molecule has 0 aromatic rings. The van der Waals surface area contributed by atoms with Crippen LogP contribution in [0.5, 0.6) is 0 Å². The van der Waals surface area contributed by atoms with Crippen LogP contribution in [-0.4, -0.2) is 83.9 Å². The van der Waals surface area contributed by atoms with E-state index in [2.05, 4.69) is 0 Å². The summed E-state index contributed by atoms with van der Waals surface area (Å²) in [6.45, 7) is 0. The third-order valence-corrected chi connectivity index (χ3v) is 0. The van der Waals surface area contributed by atoms with Crippen molar-refractivity contribution in [3.63, 3.8) is 0 Å². The number of hydrogen-bond acceptors (Lipinski definition) is 1. The zero-order chi connectivity index (χ0) is 3.58. The molecule has 6 heteroatoms. The van der Waals surface area contributed by atoms with Crippen LogP contribution in [0, 0.1) is 0 Å². The fourth-order valence-corrected chi connectivity index (χ4v) is 0. The van der Waals surface area contributed by atoms with Crippen molar-refractivity contribution in [2.45, 2.75) is 0 Å². The second kappa shape index (κ2) is 15.7. The van der Waals surface area contributed by atoms with Crippen LogP contribution in [0.1, 0.15) is 0 Å². The first-order valence-electron chi connectivity index (χ1n) is 0.651. The van der Waals surface area contributed by atoms with Gasteiger partial charge >= 0.3 is 65.3 Å². The molecule has 0 atom stereocenters. The van der Waals surface area contributed by atoms with Gasteiger partial charge in [0, 0.05) is 0 Å². The first kappa shape index (κ1) is 23.9. The average Bonchev–Trinajstić information content (AvgIpc) is 0.811. The standard InChI is InChI=1S/CH2O3.BH3.2Na.2H/c2-1(3)4;;;;;/h(H2,2,3,4);1H3;;;;. The van der Waals surface area contributed by atoms with Crippen LogP contribution in [0.25, 0.3) is 0 Å². The van der Waals surface area contributed by atoms with E-state index in [1.54, 1.807) is 0 Å². The van der Waals surface area contributed by atoms with Gasteiger partial charge < -0.3 is 10.2 Å². The van der Waals surface area contributed by atoms with Gasteiger partial charge in [-0.1, -0.05) is 0 Å². The molecule has 0 fully saturated rings. The summed E-state index contributed by atoms with van der Waals surface area (Å²) >= 11 is 0. The molecule has 0 heterocycles. The molecule has 0 saturated heterocycles. The minimum absolute atomic E-state index is 0. The molecule has 7 heavy (non-hydrogen) atoms. The zero-order valence-corrected chi connectivity index (χ0v) is 1.80. The molecule has 0 saturated carbocycles. The van der Waals surface area contributed by atoms with Crippen LogP contribution >= 0.6 is 0 Å². The van der Waals surface area contributed by atoms with Crippen molar-refractivity contribution in [2.24, 2.45) is 0 Å². The zero-order valence-electron chi connectivity index (χ0n) is 1.80. The third-order valence-electron chi connectivity index (χ3n) is 0. The van der Waals surface area contributed by atoms with Crippen molar-refractivity contribution < 1.29 is 15.0 Å². The molecule has 0 radical (unpaired) electrons. The molecule has 0 amide bonds. The number of carbonyl (C=O) groups is 1. The molecule has 0 aromatic carbocycles. The Hall–Kier alpha value is 1.33. The summed E-state index contributed by atoms with van der Waals surface area (Å²) in [5.74, 6) is 0. The molecule has 3 nitrogen and oxygen atoms in total. The van der Waals surface area contributed by atoms with Crippen LogP contribution < -0.4 is 0 Å². The van der Waals surface area contributed by atoms with Crippen LogP contribution in [0.2, 0.25) is 0 Å². The van der Waals surface area contributed by atoms with Gasteiger partial charge in [0.2, 0.25) is 0 Å². The van der Waals surface area contributed by atoms with Crippen LogP contribution in [0.4, 0.5) is 4.79 Å². The van der Waals surface area contributed by atoms with Gasteiger partial charge in [0.05, 0.1) is 8.41 Å². The Kier molecular flexibility index (Phi) is 53.4. The number of rotatable bonds is 0. The molecule has 34 valence electrons. The molecule has 0 aromatic heterocycles. The van der Waals surface area contributed by atoms with Crippen molar-refractivity contribution in [2.75, 3.05) is 0 Å². The summed E-state index contributed by atoms with van der Waals surface area (Å²) < 4.78 is 0. The fourth-order valence-electron chi connectivity index (χ4n) is 0. The Labute approximate surface area is 87.6 Å². The molecular formula is CH7BNa2O3. The molecular weight excluding hydrogens is 117 g/mol. The van der Waals surface area contributed by atoms with E-state index in [1.807, 2.05) is 0 Å². The monoisotopic (exact) mass is 124 g/mol. The SMILES string of the molecule is B.O=C(O)O.[NaH].[NaH]. The second-order valence-corrected chi connectivity index (χ2v) is 0.283. The topological polar surface area (TPSA) is 57.5 Å². The second-order valence-electron chi connectivity index (χ2n) is 0.283. The van der Waals surface area contributed by atoms with Crippen molar-refractivity contribution >= 4 is 73.7 Å². The average molecular weight is 124 g/mol. The van der Waals surface area contributed by atoms with Gasteiger partial charge in [-0.3, -0.25) is 0 Å². The number of carboxylic acid groups (broad SMARTS) is 2. The molecule has 0 bridgehead atoms. The Morgan fingerprint density at radius 2 is 1.14 bits per heavy atom. The molecule has 2 N–H and O–H groups in total. The van der Waals surface area contributed by atoms with Crippen LogP contribution in [-0.2, 0) is 0 Å². The van der Waals surface area contributed by atoms with E-state index < -0.39 is 6.16 Å². The normalized spacial score (nSPS) is 3.43. The van der Waals surface area contributed by atoms with Gasteiger partial charge in [-0.05, 0) is 0 Å². The van der Waals surface area contributed by atoms with Crippen molar-refractivity contribution in [1.29, 1.82) is 0 Å². The van der Waals surface area contributed by atoms with Crippen LogP contribution in [0.3, 0.4) is 0 Å². The van der Waals surface area contributed by atoms with Gasteiger partial charge in [-0.2, -0.15) is 0 Å². The first-order chi connectivity index (χ1) is 1.73. The molecule has 0 rings (SSSR count). The Morgan fingerprint density at radius 1 is 1.14 bits per heavy atom. The van der Waals surface area contributed by atoms with Gasteiger partial charge in [0.1, 0.15) is 0 Å². The third kappa shape index (κ3) is 117. The first-order valence-corrected chi connectivity index (χ1v) is 0.651. The maximum absolute atomic E-state index is 8.56. The van der Waals surface area contributed by atoms with E-state index in [0.717, 1.165) is 0 Å². The quantitative estimate of drug-likeness (QED) is 0.358. The van der Waals surface area contributed by atoms with E-state index in [1.165, 1.54) is 0 Å². The Bertz CT molecular complexity index is 35.9. The predicted octanol–water partition coefficient (Wildman–Crippen LogP) is -2.26. The van der Waals surface area contributed by atoms with E-state index in [9.17, 15) is 0 Å². The van der Waals surface area contributed by atoms with Crippen LogP contribution in [0.15, 0.2) is 0 Å². The number of hydrogen-bond donors (Lipinski definition) is 2. The van der Waals surface area contributed by atoms with E-state index in [-0.39, 0.29) is 67.5 Å². The van der Waals surface area contributed by atoms with Crippen molar-refractivity contribution in [3.8, 4) is 0 Å². The molecule has 0 aliphatic heterocycles. The van der Waals surface area contributed by atoms with E-state index >= 15 is 0 Å². The predicted molar refractivity (Wildman–Crippen MR) is 34.9 cm³/mol. The summed E-state index contributed by atoms with van der Waals surface area (Å²) in [4.78, 5) is 8.56. The molecule has 0 aliphatic rings. The fraction of sp³-hybridized carbons (Fsp3) is 0. The summed E-state index contributed by atoms with van der Waals surface area (Å²) in [5.41, 5.74) is 0. The molecule has 0 aliphatic carbocycles. The van der Waals surface area contributed by atoms with Crippen molar-refractivity contribution in [3.05, 3.63) is 0 Å². The minimum atomic E-state index is -1.83. The Balaban J connectivity index is -0.0000000150. The van der Waals surface area contributed by atoms with Gasteiger partial charge in [0.25, 0.3) is 0 Å². The van der Waals surface area contributed by atoms with Gasteiger partial charge in [-0.25, -0.2) is 4.79 Å². The molecule has 0 spiro atoms. The maximum atomic E-state index is 8.56. The summed E-state index contributed by atoms with van der Waals surface area (Å²) in [6, 6.07) is 0. The summed E-state index contributed by atoms with van der Waals surface area (Å²) in [6.07, 6.45) is -1.83.